The van der Waals surface area contributed by atoms with E-state index in [4.69, 9.17) is 5.11 Å². The molecule has 1 aliphatic rings. The lowest BCUT2D eigenvalue weighted by Gasteiger charge is -2.38. The molecule has 110 valence electrons. The normalized spacial score (nSPS) is 15.9. The molecule has 0 amide bonds. The number of carboxylic acid groups (broad SMARTS) is 1. The van der Waals surface area contributed by atoms with Crippen molar-refractivity contribution in [2.45, 2.75) is 12.6 Å². The zero-order valence-electron chi connectivity index (χ0n) is 10.9. The minimum absolute atomic E-state index is 0.0223. The minimum atomic E-state index is -1.12. The van der Waals surface area contributed by atoms with E-state index in [0.717, 1.165) is 6.07 Å². The zero-order valence-corrected chi connectivity index (χ0v) is 10.9. The highest BCUT2D eigenvalue weighted by Crippen LogP contribution is 2.23. The molecular formula is C13H12F2N4O2. The van der Waals surface area contributed by atoms with Crippen molar-refractivity contribution in [3.05, 3.63) is 47.3 Å². The Balaban J connectivity index is 1.59. The third-order valence-corrected chi connectivity index (χ3v) is 3.45. The van der Waals surface area contributed by atoms with Crippen LogP contribution in [0.5, 0.6) is 0 Å². The van der Waals surface area contributed by atoms with E-state index in [-0.39, 0.29) is 11.7 Å². The molecule has 0 spiro atoms. The van der Waals surface area contributed by atoms with Crippen molar-refractivity contribution in [3.8, 4) is 0 Å². The highest BCUT2D eigenvalue weighted by molar-refractivity contribution is 5.84. The van der Waals surface area contributed by atoms with Crippen molar-refractivity contribution in [3.63, 3.8) is 0 Å². The molecule has 3 rings (SSSR count). The van der Waals surface area contributed by atoms with Gasteiger partial charge in [0.15, 0.2) is 5.69 Å². The summed E-state index contributed by atoms with van der Waals surface area (Å²) >= 11 is 0. The molecule has 8 heteroatoms. The van der Waals surface area contributed by atoms with Crippen LogP contribution in [0.15, 0.2) is 24.4 Å². The van der Waals surface area contributed by atoms with Crippen molar-refractivity contribution in [2.24, 2.45) is 0 Å². The molecule has 1 saturated heterocycles. The fraction of sp³-hybridized carbons (Fsp3) is 0.308. The molecule has 2 aromatic rings. The Morgan fingerprint density at radius 2 is 2.14 bits per heavy atom. The third-order valence-electron chi connectivity index (χ3n) is 3.45. The highest BCUT2D eigenvalue weighted by atomic mass is 19.1. The number of carbonyl (C=O) groups is 1. The van der Waals surface area contributed by atoms with Gasteiger partial charge in [0.25, 0.3) is 0 Å². The highest BCUT2D eigenvalue weighted by Gasteiger charge is 2.30. The summed E-state index contributed by atoms with van der Waals surface area (Å²) in [6.07, 6.45) is 1.38. The molecule has 0 saturated carbocycles. The minimum Gasteiger partial charge on any atom is -0.476 e. The van der Waals surface area contributed by atoms with Crippen LogP contribution in [0, 0.1) is 11.6 Å². The maximum Gasteiger partial charge on any atom is 0.358 e. The number of nitrogens with zero attached hydrogens (tertiary/aromatic N) is 4. The number of benzene rings is 1. The van der Waals surface area contributed by atoms with Gasteiger partial charge in [0.2, 0.25) is 0 Å². The SMILES string of the molecule is O=C(O)c1cn(C2CN(Cc3ccc(F)cc3F)C2)nn1. The van der Waals surface area contributed by atoms with Gasteiger partial charge in [0.05, 0.1) is 12.2 Å². The number of hydrogen-bond acceptors (Lipinski definition) is 4. The zero-order chi connectivity index (χ0) is 15.0. The summed E-state index contributed by atoms with van der Waals surface area (Å²) in [5, 5.41) is 16.1. The first-order valence-electron chi connectivity index (χ1n) is 6.34. The first-order valence-corrected chi connectivity index (χ1v) is 6.34. The summed E-state index contributed by atoms with van der Waals surface area (Å²) in [7, 11) is 0. The average Bonchev–Trinajstić information content (AvgIpc) is 2.84. The van der Waals surface area contributed by atoms with Gasteiger partial charge in [-0.05, 0) is 6.07 Å². The number of carboxylic acids is 1. The summed E-state index contributed by atoms with van der Waals surface area (Å²) in [5.74, 6) is -2.28. The second-order valence-electron chi connectivity index (χ2n) is 4.97. The van der Waals surface area contributed by atoms with Crippen molar-refractivity contribution < 1.29 is 18.7 Å². The molecule has 6 nitrogen and oxygen atoms in total. The Bertz CT molecular complexity index is 683. The lowest BCUT2D eigenvalue weighted by atomic mass is 10.1. The second-order valence-corrected chi connectivity index (χ2v) is 4.97. The van der Waals surface area contributed by atoms with Crippen molar-refractivity contribution in [1.82, 2.24) is 19.9 Å². The van der Waals surface area contributed by atoms with Crippen LogP contribution in [0.2, 0.25) is 0 Å². The Kier molecular flexibility index (Phi) is 3.38. The van der Waals surface area contributed by atoms with E-state index in [1.54, 1.807) is 0 Å². The van der Waals surface area contributed by atoms with Crippen LogP contribution in [0.3, 0.4) is 0 Å². The van der Waals surface area contributed by atoms with Crippen molar-refractivity contribution in [1.29, 1.82) is 0 Å². The molecule has 1 fully saturated rings. The van der Waals surface area contributed by atoms with E-state index in [2.05, 4.69) is 10.3 Å². The van der Waals surface area contributed by atoms with Gasteiger partial charge in [0, 0.05) is 31.3 Å². The molecule has 1 aromatic carbocycles. The fourth-order valence-electron chi connectivity index (χ4n) is 2.28. The number of aromatic nitrogens is 3. The van der Waals surface area contributed by atoms with Crippen LogP contribution < -0.4 is 0 Å². The van der Waals surface area contributed by atoms with Gasteiger partial charge in [-0.15, -0.1) is 5.10 Å². The Morgan fingerprint density at radius 3 is 2.76 bits per heavy atom. The summed E-state index contributed by atoms with van der Waals surface area (Å²) in [4.78, 5) is 12.7. The number of hydrogen-bond donors (Lipinski definition) is 1. The molecule has 2 heterocycles. The van der Waals surface area contributed by atoms with Gasteiger partial charge in [-0.1, -0.05) is 11.3 Å². The number of aromatic carboxylic acids is 1. The van der Waals surface area contributed by atoms with Gasteiger partial charge in [-0.2, -0.15) is 0 Å². The van der Waals surface area contributed by atoms with Gasteiger partial charge in [0.1, 0.15) is 11.6 Å². The molecular weight excluding hydrogens is 282 g/mol. The molecule has 1 aliphatic heterocycles. The molecule has 0 atom stereocenters. The molecule has 0 aliphatic carbocycles. The van der Waals surface area contributed by atoms with Crippen molar-refractivity contribution in [2.75, 3.05) is 13.1 Å². The second kappa shape index (κ2) is 5.21. The first-order chi connectivity index (χ1) is 10.0. The maximum atomic E-state index is 13.5. The molecule has 1 N–H and O–H groups in total. The van der Waals surface area contributed by atoms with Crippen LogP contribution in [0.25, 0.3) is 0 Å². The smallest absolute Gasteiger partial charge is 0.358 e. The van der Waals surface area contributed by atoms with Gasteiger partial charge in [-0.25, -0.2) is 18.3 Å². The summed E-state index contributed by atoms with van der Waals surface area (Å²) in [6.45, 7) is 1.60. The third kappa shape index (κ3) is 2.75. The predicted molar refractivity (Wildman–Crippen MR) is 67.7 cm³/mol. The fourth-order valence-corrected chi connectivity index (χ4v) is 2.28. The standard InChI is InChI=1S/C13H12F2N4O2/c14-9-2-1-8(11(15)3-9)4-18-5-10(6-18)19-7-12(13(20)21)16-17-19/h1-3,7,10H,4-6H2,(H,20,21). The van der Waals surface area contributed by atoms with Crippen LogP contribution in [0.1, 0.15) is 22.1 Å². The average molecular weight is 294 g/mol. The summed E-state index contributed by atoms with van der Waals surface area (Å²) in [5.41, 5.74) is 0.331. The predicted octanol–water partition coefficient (Wildman–Crippen LogP) is 1.31. The topological polar surface area (TPSA) is 71.2 Å². The largest absolute Gasteiger partial charge is 0.476 e. The Hall–Kier alpha value is -2.35. The van der Waals surface area contributed by atoms with Gasteiger partial charge < -0.3 is 5.11 Å². The number of halogens is 2. The van der Waals surface area contributed by atoms with E-state index in [1.165, 1.54) is 23.0 Å². The van der Waals surface area contributed by atoms with Crippen LogP contribution in [0.4, 0.5) is 8.78 Å². The van der Waals surface area contributed by atoms with E-state index < -0.39 is 17.6 Å². The van der Waals surface area contributed by atoms with E-state index >= 15 is 0 Å². The Morgan fingerprint density at radius 1 is 1.38 bits per heavy atom. The van der Waals surface area contributed by atoms with E-state index in [0.29, 0.717) is 25.2 Å². The lowest BCUT2D eigenvalue weighted by Crippen LogP contribution is -2.47. The van der Waals surface area contributed by atoms with Crippen LogP contribution in [-0.4, -0.2) is 44.1 Å². The molecule has 0 radical (unpaired) electrons. The first kappa shape index (κ1) is 13.6. The van der Waals surface area contributed by atoms with Gasteiger partial charge >= 0.3 is 5.97 Å². The molecule has 1 aromatic heterocycles. The molecule has 0 unspecified atom stereocenters. The van der Waals surface area contributed by atoms with Crippen LogP contribution >= 0.6 is 0 Å². The molecule has 0 bridgehead atoms. The van der Waals surface area contributed by atoms with E-state index in [1.807, 2.05) is 4.90 Å². The van der Waals surface area contributed by atoms with Crippen LogP contribution in [-0.2, 0) is 6.54 Å². The molecule has 21 heavy (non-hydrogen) atoms. The Labute approximate surface area is 118 Å². The maximum absolute atomic E-state index is 13.5. The summed E-state index contributed by atoms with van der Waals surface area (Å²) in [6, 6.07) is 3.54. The van der Waals surface area contributed by atoms with Crippen molar-refractivity contribution >= 4 is 5.97 Å². The number of rotatable bonds is 4. The summed E-state index contributed by atoms with van der Waals surface area (Å²) < 4.78 is 27.8. The monoisotopic (exact) mass is 294 g/mol. The van der Waals surface area contributed by atoms with E-state index in [9.17, 15) is 13.6 Å². The number of likely N-dealkylation sites (tertiary alicyclic amines) is 1. The van der Waals surface area contributed by atoms with Gasteiger partial charge in [-0.3, -0.25) is 4.90 Å². The quantitative estimate of drug-likeness (QED) is 0.920. The lowest BCUT2D eigenvalue weighted by molar-refractivity contribution is 0.0689.